The fourth-order valence-corrected chi connectivity index (χ4v) is 3.93. The van der Waals surface area contributed by atoms with Crippen LogP contribution in [0.2, 0.25) is 0 Å². The van der Waals surface area contributed by atoms with Gasteiger partial charge in [0.2, 0.25) is 0 Å². The van der Waals surface area contributed by atoms with Crippen molar-refractivity contribution in [2.45, 2.75) is 6.92 Å². The van der Waals surface area contributed by atoms with E-state index < -0.39 is 5.91 Å². The van der Waals surface area contributed by atoms with E-state index in [1.165, 1.54) is 11.3 Å². The van der Waals surface area contributed by atoms with E-state index in [2.05, 4.69) is 59.1 Å². The Bertz CT molecular complexity index is 1120. The molecule has 1 aliphatic heterocycles. The number of nitrogens with one attached hydrogen (secondary N) is 1. The van der Waals surface area contributed by atoms with Gasteiger partial charge in [-0.05, 0) is 48.9 Å². The maximum absolute atomic E-state index is 11.5. The first kappa shape index (κ1) is 21.8. The van der Waals surface area contributed by atoms with Gasteiger partial charge in [0, 0.05) is 43.3 Å². The third-order valence-corrected chi connectivity index (χ3v) is 5.64. The molecule has 0 spiro atoms. The summed E-state index contributed by atoms with van der Waals surface area (Å²) in [6, 6.07) is 15.7. The number of fused-ring (bicyclic) bond motifs is 1. The van der Waals surface area contributed by atoms with Gasteiger partial charge in [0.15, 0.2) is 0 Å². The number of likely N-dealkylation sites (N-methyl/N-ethyl adjacent to an activating group) is 1. The van der Waals surface area contributed by atoms with Gasteiger partial charge >= 0.3 is 0 Å². The molecule has 0 radical (unpaired) electrons. The lowest BCUT2D eigenvalue weighted by Gasteiger charge is -2.29. The topological polar surface area (TPSA) is 77.9 Å². The Morgan fingerprint density at radius 2 is 1.94 bits per heavy atom. The molecule has 3 aromatic rings. The second-order valence-electron chi connectivity index (χ2n) is 8.08. The van der Waals surface area contributed by atoms with Crippen LogP contribution in [0.4, 0.5) is 11.4 Å². The molecule has 2 aromatic carbocycles. The first-order valence-corrected chi connectivity index (χ1v) is 10.7. The molecule has 4 rings (SSSR count). The van der Waals surface area contributed by atoms with E-state index in [0.717, 1.165) is 55.0 Å². The zero-order chi connectivity index (χ0) is 22.5. The molecule has 2 heterocycles. The number of hydrogen-bond acceptors (Lipinski definition) is 6. The standard InChI is InChI=1S/C25H28N4O3/c1-18(13-19-3-5-20(6-4-19)25(30)27-31)17-28(2)23-15-21-14-22(7-8-24(21)26-16-23)29-9-11-32-12-10-29/h3-8,13-16,31H,9-12,17H2,1-2H3,(H,27,30)/b18-13+. The van der Waals surface area contributed by atoms with Crippen LogP contribution in [0.5, 0.6) is 0 Å². The van der Waals surface area contributed by atoms with Crippen LogP contribution in [0, 0.1) is 0 Å². The van der Waals surface area contributed by atoms with Crippen molar-refractivity contribution in [2.24, 2.45) is 0 Å². The molecule has 32 heavy (non-hydrogen) atoms. The summed E-state index contributed by atoms with van der Waals surface area (Å²) in [6.45, 7) is 6.18. The minimum absolute atomic E-state index is 0.415. The lowest BCUT2D eigenvalue weighted by Crippen LogP contribution is -2.36. The van der Waals surface area contributed by atoms with E-state index in [4.69, 9.17) is 9.94 Å². The molecule has 1 fully saturated rings. The summed E-state index contributed by atoms with van der Waals surface area (Å²) in [7, 11) is 2.06. The molecule has 0 unspecified atom stereocenters. The van der Waals surface area contributed by atoms with Crippen LogP contribution >= 0.6 is 0 Å². The fourth-order valence-electron chi connectivity index (χ4n) is 3.93. The van der Waals surface area contributed by atoms with Gasteiger partial charge < -0.3 is 14.5 Å². The molecule has 1 saturated heterocycles. The number of morpholine rings is 1. The van der Waals surface area contributed by atoms with Crippen molar-refractivity contribution in [3.8, 4) is 0 Å². The summed E-state index contributed by atoms with van der Waals surface area (Å²) in [5.41, 5.74) is 7.48. The average Bonchev–Trinajstić information content (AvgIpc) is 2.83. The van der Waals surface area contributed by atoms with Crippen LogP contribution in [-0.2, 0) is 4.74 Å². The number of anilines is 2. The minimum atomic E-state index is -0.516. The number of pyridine rings is 1. The van der Waals surface area contributed by atoms with E-state index in [1.807, 2.05) is 18.3 Å². The quantitative estimate of drug-likeness (QED) is 0.457. The molecule has 0 aliphatic carbocycles. The Labute approximate surface area is 187 Å². The smallest absolute Gasteiger partial charge is 0.274 e. The van der Waals surface area contributed by atoms with Crippen molar-refractivity contribution in [1.29, 1.82) is 0 Å². The molecule has 2 N–H and O–H groups in total. The number of carbonyl (C=O) groups is 1. The van der Waals surface area contributed by atoms with Crippen molar-refractivity contribution in [1.82, 2.24) is 10.5 Å². The van der Waals surface area contributed by atoms with Crippen LogP contribution < -0.4 is 15.3 Å². The Balaban J connectivity index is 1.48. The zero-order valence-corrected chi connectivity index (χ0v) is 18.4. The maximum Gasteiger partial charge on any atom is 0.274 e. The van der Waals surface area contributed by atoms with Gasteiger partial charge in [0.25, 0.3) is 5.91 Å². The molecule has 0 bridgehead atoms. The summed E-state index contributed by atoms with van der Waals surface area (Å²) in [6.07, 6.45) is 3.99. The van der Waals surface area contributed by atoms with Gasteiger partial charge in [-0.2, -0.15) is 0 Å². The first-order chi connectivity index (χ1) is 15.5. The number of hydroxylamine groups is 1. The largest absolute Gasteiger partial charge is 0.378 e. The molecule has 0 saturated carbocycles. The van der Waals surface area contributed by atoms with Gasteiger partial charge in [-0.15, -0.1) is 0 Å². The predicted molar refractivity (Wildman–Crippen MR) is 127 cm³/mol. The number of aromatic nitrogens is 1. The van der Waals surface area contributed by atoms with E-state index >= 15 is 0 Å². The minimum Gasteiger partial charge on any atom is -0.378 e. The summed E-state index contributed by atoms with van der Waals surface area (Å²) in [5, 5.41) is 9.85. The van der Waals surface area contributed by atoms with E-state index in [9.17, 15) is 4.79 Å². The Morgan fingerprint density at radius 3 is 2.66 bits per heavy atom. The molecule has 7 nitrogen and oxygen atoms in total. The third kappa shape index (κ3) is 5.07. The molecule has 1 aliphatic rings. The van der Waals surface area contributed by atoms with Crippen molar-refractivity contribution in [2.75, 3.05) is 49.7 Å². The highest BCUT2D eigenvalue weighted by atomic mass is 16.5. The summed E-state index contributed by atoms with van der Waals surface area (Å²) < 4.78 is 5.47. The highest BCUT2D eigenvalue weighted by Gasteiger charge is 2.12. The van der Waals surface area contributed by atoms with Gasteiger partial charge in [0.1, 0.15) is 0 Å². The Morgan fingerprint density at radius 1 is 1.19 bits per heavy atom. The Kier molecular flexibility index (Phi) is 6.68. The van der Waals surface area contributed by atoms with Crippen molar-refractivity contribution in [3.05, 3.63) is 71.4 Å². The Hall–Kier alpha value is -3.42. The summed E-state index contributed by atoms with van der Waals surface area (Å²) in [5.74, 6) is -0.516. The van der Waals surface area contributed by atoms with Crippen molar-refractivity contribution in [3.63, 3.8) is 0 Å². The number of carbonyl (C=O) groups excluding carboxylic acids is 1. The SMILES string of the molecule is C/C(=C\c1ccc(C(=O)NO)cc1)CN(C)c1cnc2ccc(N3CCOCC3)cc2c1. The van der Waals surface area contributed by atoms with E-state index in [-0.39, 0.29) is 0 Å². The number of rotatable bonds is 6. The maximum atomic E-state index is 11.5. The second kappa shape index (κ2) is 9.80. The molecule has 166 valence electrons. The molecule has 1 aromatic heterocycles. The second-order valence-corrected chi connectivity index (χ2v) is 8.08. The van der Waals surface area contributed by atoms with Crippen LogP contribution in [0.15, 0.2) is 60.3 Å². The lowest BCUT2D eigenvalue weighted by atomic mass is 10.1. The van der Waals surface area contributed by atoms with E-state index in [1.54, 1.807) is 17.6 Å². The monoisotopic (exact) mass is 432 g/mol. The molecule has 1 amide bonds. The fraction of sp³-hybridized carbons (Fsp3) is 0.280. The number of ether oxygens (including phenoxy) is 1. The van der Waals surface area contributed by atoms with Crippen LogP contribution in [-0.4, -0.2) is 56.0 Å². The van der Waals surface area contributed by atoms with E-state index in [0.29, 0.717) is 5.56 Å². The molecule has 7 heteroatoms. The number of amides is 1. The lowest BCUT2D eigenvalue weighted by molar-refractivity contribution is 0.0706. The van der Waals surface area contributed by atoms with Crippen LogP contribution in [0.3, 0.4) is 0 Å². The van der Waals surface area contributed by atoms with Gasteiger partial charge in [-0.25, -0.2) is 5.48 Å². The van der Waals surface area contributed by atoms with Crippen LogP contribution in [0.1, 0.15) is 22.8 Å². The first-order valence-electron chi connectivity index (χ1n) is 10.7. The average molecular weight is 433 g/mol. The van der Waals surface area contributed by atoms with Crippen LogP contribution in [0.25, 0.3) is 17.0 Å². The number of benzene rings is 2. The molecular weight excluding hydrogens is 404 g/mol. The normalized spacial score (nSPS) is 14.5. The zero-order valence-electron chi connectivity index (χ0n) is 18.4. The molecular formula is C25H28N4O3. The van der Waals surface area contributed by atoms with Crippen molar-refractivity contribution >= 4 is 34.3 Å². The summed E-state index contributed by atoms with van der Waals surface area (Å²) >= 11 is 0. The number of nitrogens with zero attached hydrogens (tertiary/aromatic N) is 3. The third-order valence-electron chi connectivity index (χ3n) is 5.64. The predicted octanol–water partition coefficient (Wildman–Crippen LogP) is 3.73. The van der Waals surface area contributed by atoms with Gasteiger partial charge in [-0.3, -0.25) is 15.0 Å². The highest BCUT2D eigenvalue weighted by molar-refractivity contribution is 5.93. The van der Waals surface area contributed by atoms with Crippen molar-refractivity contribution < 1.29 is 14.7 Å². The highest BCUT2D eigenvalue weighted by Crippen LogP contribution is 2.25. The summed E-state index contributed by atoms with van der Waals surface area (Å²) in [4.78, 5) is 20.6. The van der Waals surface area contributed by atoms with Gasteiger partial charge in [-0.1, -0.05) is 23.8 Å². The number of hydrogen-bond donors (Lipinski definition) is 2. The molecule has 0 atom stereocenters. The van der Waals surface area contributed by atoms with Gasteiger partial charge in [0.05, 0.1) is 30.6 Å².